The fourth-order valence-electron chi connectivity index (χ4n) is 2.34. The van der Waals surface area contributed by atoms with Crippen molar-refractivity contribution in [2.24, 2.45) is 5.92 Å². The maximum Gasteiger partial charge on any atom is 2.00 e. The molecule has 0 spiro atoms. The summed E-state index contributed by atoms with van der Waals surface area (Å²) in [5.41, 5.74) is 0. The van der Waals surface area contributed by atoms with Crippen molar-refractivity contribution < 1.29 is 4.39 Å². The largest absolute Gasteiger partial charge is 2.00 e. The van der Waals surface area contributed by atoms with Crippen molar-refractivity contribution in [1.29, 1.82) is 0 Å². The maximum atomic E-state index is 11.9. The molecule has 1 fully saturated rings. The third-order valence-corrected chi connectivity index (χ3v) is 3.45. The molecule has 1 aliphatic carbocycles. The molecular weight excluding hydrogens is 327 g/mol. The minimum absolute atomic E-state index is 0. The quantitative estimate of drug-likeness (QED) is 0.365. The van der Waals surface area contributed by atoms with Crippen LogP contribution in [0.3, 0.4) is 0 Å². The molecule has 0 bridgehead atoms. The third-order valence-electron chi connectivity index (χ3n) is 3.45. The predicted octanol–water partition coefficient (Wildman–Crippen LogP) is 5.78. The summed E-state index contributed by atoms with van der Waals surface area (Å²) in [5, 5.41) is 0. The van der Waals surface area contributed by atoms with Crippen LogP contribution in [-0.2, 0) is 0 Å². The number of halogens is 2. The van der Waals surface area contributed by atoms with Crippen molar-refractivity contribution in [2.45, 2.75) is 58.3 Å². The van der Waals surface area contributed by atoms with Gasteiger partial charge < -0.3 is 6.42 Å². The SMILES string of the molecule is Br.CCCCCC1CC[CH-]CC1.Fc1[c-]cccc1.[Mg+2]. The van der Waals surface area contributed by atoms with Crippen LogP contribution < -0.4 is 0 Å². The molecule has 0 atom stereocenters. The fraction of sp³-hybridized carbons (Fsp3) is 0.588. The zero-order valence-corrected chi connectivity index (χ0v) is 15.7. The first-order valence-corrected chi connectivity index (χ1v) is 7.26. The average Bonchev–Trinajstić information content (AvgIpc) is 2.42. The van der Waals surface area contributed by atoms with E-state index < -0.39 is 0 Å². The van der Waals surface area contributed by atoms with E-state index in [0.717, 1.165) is 5.92 Å². The summed E-state index contributed by atoms with van der Waals surface area (Å²) in [7, 11) is 0. The molecule has 0 aromatic heterocycles. The zero-order chi connectivity index (χ0) is 13.1. The number of unbranched alkanes of at least 4 members (excludes halogenated alkanes) is 2. The van der Waals surface area contributed by atoms with E-state index in [2.05, 4.69) is 19.4 Å². The molecule has 0 unspecified atom stereocenters. The van der Waals surface area contributed by atoms with Crippen LogP contribution in [0.15, 0.2) is 24.3 Å². The summed E-state index contributed by atoms with van der Waals surface area (Å²) >= 11 is 0. The van der Waals surface area contributed by atoms with E-state index in [0.29, 0.717) is 0 Å². The van der Waals surface area contributed by atoms with Gasteiger partial charge in [0.15, 0.2) is 0 Å². The Morgan fingerprint density at radius 2 is 1.95 bits per heavy atom. The molecule has 1 saturated carbocycles. The molecule has 0 nitrogen and oxygen atoms in total. The minimum atomic E-state index is -0.303. The normalized spacial score (nSPS) is 14.3. The first kappa shape index (κ1) is 22.7. The molecule has 2 rings (SSSR count). The minimum Gasteiger partial charge on any atom is -0.328 e. The summed E-state index contributed by atoms with van der Waals surface area (Å²) in [6, 6.07) is 8.62. The summed E-state index contributed by atoms with van der Waals surface area (Å²) in [6.07, 6.45) is 14.0. The van der Waals surface area contributed by atoms with Gasteiger partial charge in [-0.15, -0.1) is 29.1 Å². The molecule has 0 aliphatic heterocycles. The van der Waals surface area contributed by atoms with Gasteiger partial charge in [0.2, 0.25) is 0 Å². The number of hydrogen-bond donors (Lipinski definition) is 0. The summed E-state index contributed by atoms with van der Waals surface area (Å²) in [5.74, 6) is 0.772. The van der Waals surface area contributed by atoms with Crippen LogP contribution in [0.1, 0.15) is 58.3 Å². The Bertz CT molecular complexity index is 286. The predicted molar refractivity (Wildman–Crippen MR) is 91.7 cm³/mol. The van der Waals surface area contributed by atoms with E-state index in [-0.39, 0.29) is 45.9 Å². The molecule has 0 radical (unpaired) electrons. The Morgan fingerprint density at radius 3 is 2.40 bits per heavy atom. The number of hydrogen-bond acceptors (Lipinski definition) is 0. The second kappa shape index (κ2) is 15.8. The van der Waals surface area contributed by atoms with Gasteiger partial charge in [-0.2, -0.15) is 31.0 Å². The van der Waals surface area contributed by atoms with Crippen molar-refractivity contribution >= 4 is 40.0 Å². The molecule has 0 amide bonds. The Labute approximate surface area is 150 Å². The maximum absolute atomic E-state index is 11.9. The van der Waals surface area contributed by atoms with Gasteiger partial charge in [-0.05, 0) is 5.92 Å². The fourth-order valence-corrected chi connectivity index (χ4v) is 2.34. The van der Waals surface area contributed by atoms with Gasteiger partial charge in [0.05, 0.1) is 0 Å². The average molecular weight is 354 g/mol. The molecule has 1 aliphatic rings. The van der Waals surface area contributed by atoms with Gasteiger partial charge in [-0.1, -0.05) is 45.4 Å². The topological polar surface area (TPSA) is 0 Å². The van der Waals surface area contributed by atoms with Crippen molar-refractivity contribution in [1.82, 2.24) is 0 Å². The molecule has 1 aromatic rings. The van der Waals surface area contributed by atoms with Crippen LogP contribution in [0.25, 0.3) is 0 Å². The van der Waals surface area contributed by atoms with Gasteiger partial charge in [0.1, 0.15) is 0 Å². The summed E-state index contributed by atoms with van der Waals surface area (Å²) in [4.78, 5) is 0. The standard InChI is InChI=1S/C11H21.C6H4F.BrH.Mg/c1-2-3-5-8-11-9-6-4-7-10-11;7-6-4-2-1-3-5-6;;/h4,11H,2-3,5-10H2,1H3;1-4H;1H;/q2*-1;;+2. The summed E-state index contributed by atoms with van der Waals surface area (Å²) in [6.45, 7) is 2.29. The van der Waals surface area contributed by atoms with Gasteiger partial charge in [-0.3, -0.25) is 0 Å². The summed E-state index contributed by atoms with van der Waals surface area (Å²) < 4.78 is 11.9. The van der Waals surface area contributed by atoms with E-state index in [1.54, 1.807) is 12.1 Å². The van der Waals surface area contributed by atoms with E-state index in [4.69, 9.17) is 0 Å². The molecule has 0 saturated heterocycles. The van der Waals surface area contributed by atoms with Crippen molar-refractivity contribution in [3.05, 3.63) is 42.6 Å². The van der Waals surface area contributed by atoms with Crippen molar-refractivity contribution in [3.8, 4) is 0 Å². The second-order valence-electron chi connectivity index (χ2n) is 5.02. The monoisotopic (exact) mass is 352 g/mol. The van der Waals surface area contributed by atoms with E-state index in [1.807, 2.05) is 0 Å². The number of benzene rings is 1. The molecule has 110 valence electrons. The zero-order valence-electron chi connectivity index (χ0n) is 12.6. The van der Waals surface area contributed by atoms with Gasteiger partial charge >= 0.3 is 23.1 Å². The van der Waals surface area contributed by atoms with Crippen LogP contribution in [-0.4, -0.2) is 23.1 Å². The Balaban J connectivity index is 0. The number of rotatable bonds is 4. The van der Waals surface area contributed by atoms with Gasteiger partial charge in [0, 0.05) is 5.82 Å². The molecular formula is C17H26BrFMg. The van der Waals surface area contributed by atoms with Gasteiger partial charge in [-0.25, -0.2) is 4.39 Å². The van der Waals surface area contributed by atoms with E-state index in [1.165, 1.54) is 63.5 Å². The smallest absolute Gasteiger partial charge is 0.328 e. The van der Waals surface area contributed by atoms with Crippen molar-refractivity contribution in [3.63, 3.8) is 0 Å². The Kier molecular flexibility index (Phi) is 17.9. The van der Waals surface area contributed by atoms with Gasteiger partial charge in [0.25, 0.3) is 0 Å². The van der Waals surface area contributed by atoms with Crippen molar-refractivity contribution in [2.75, 3.05) is 0 Å². The first-order chi connectivity index (χ1) is 8.83. The van der Waals surface area contributed by atoms with Crippen LogP contribution in [0, 0.1) is 24.2 Å². The molecule has 1 aromatic carbocycles. The molecule has 0 heterocycles. The van der Waals surface area contributed by atoms with Crippen LogP contribution in [0.5, 0.6) is 0 Å². The second-order valence-corrected chi connectivity index (χ2v) is 5.02. The van der Waals surface area contributed by atoms with Crippen LogP contribution in [0.2, 0.25) is 0 Å². The Morgan fingerprint density at radius 1 is 1.25 bits per heavy atom. The Hall–Kier alpha value is 0.396. The van der Waals surface area contributed by atoms with Crippen LogP contribution >= 0.6 is 17.0 Å². The van der Waals surface area contributed by atoms with E-state index >= 15 is 0 Å². The van der Waals surface area contributed by atoms with Crippen LogP contribution in [0.4, 0.5) is 4.39 Å². The first-order valence-electron chi connectivity index (χ1n) is 7.26. The molecule has 20 heavy (non-hydrogen) atoms. The van der Waals surface area contributed by atoms with E-state index in [9.17, 15) is 4.39 Å². The molecule has 3 heteroatoms. The third kappa shape index (κ3) is 12.2. The molecule has 0 N–H and O–H groups in total.